The number of carbonyl (C=O) groups is 2. The number of hydrogen-bond donors (Lipinski definition) is 1. The lowest BCUT2D eigenvalue weighted by Crippen LogP contribution is -2.37. The van der Waals surface area contributed by atoms with Crippen molar-refractivity contribution >= 4 is 27.5 Å². The van der Waals surface area contributed by atoms with Gasteiger partial charge in [-0.25, -0.2) is 12.8 Å². The Morgan fingerprint density at radius 1 is 1.07 bits per heavy atom. The van der Waals surface area contributed by atoms with Gasteiger partial charge in [-0.05, 0) is 55.3 Å². The van der Waals surface area contributed by atoms with E-state index in [9.17, 15) is 22.4 Å². The first-order valence-corrected chi connectivity index (χ1v) is 11.3. The molecule has 0 radical (unpaired) electrons. The Morgan fingerprint density at radius 3 is 2.43 bits per heavy atom. The predicted octanol–water partition coefficient (Wildman–Crippen LogP) is 2.15. The summed E-state index contributed by atoms with van der Waals surface area (Å²) in [5, 5.41) is 2.80. The van der Waals surface area contributed by atoms with Gasteiger partial charge in [-0.15, -0.1) is 0 Å². The van der Waals surface area contributed by atoms with E-state index in [4.69, 9.17) is 0 Å². The van der Waals surface area contributed by atoms with Crippen LogP contribution in [0.25, 0.3) is 0 Å². The molecule has 2 fully saturated rings. The van der Waals surface area contributed by atoms with E-state index in [1.807, 2.05) is 0 Å². The van der Waals surface area contributed by atoms with Crippen LogP contribution < -0.4 is 10.2 Å². The van der Waals surface area contributed by atoms with Crippen LogP contribution in [0.3, 0.4) is 0 Å². The summed E-state index contributed by atoms with van der Waals surface area (Å²) in [6.07, 6.45) is 1.82. The molecule has 2 saturated heterocycles. The minimum atomic E-state index is -3.53. The van der Waals surface area contributed by atoms with Crippen LogP contribution in [0.5, 0.6) is 0 Å². The Bertz CT molecular complexity index is 1070. The molecule has 2 aromatic rings. The van der Waals surface area contributed by atoms with E-state index >= 15 is 0 Å². The lowest BCUT2D eigenvalue weighted by Gasteiger charge is -2.17. The smallest absolute Gasteiger partial charge is 0.251 e. The third-order valence-corrected chi connectivity index (χ3v) is 7.31. The average molecular weight is 431 g/mol. The van der Waals surface area contributed by atoms with E-state index < -0.39 is 21.9 Å². The number of amides is 2. The molecule has 30 heavy (non-hydrogen) atoms. The second-order valence-corrected chi connectivity index (χ2v) is 9.43. The van der Waals surface area contributed by atoms with Crippen molar-refractivity contribution in [1.82, 2.24) is 9.62 Å². The molecule has 2 aliphatic rings. The SMILES string of the molecule is O=C(N[C@@H]1CC(=O)N(c2cccc(F)c2)C1)c1ccc(S(=O)(=O)N2CCCC2)cc1. The summed E-state index contributed by atoms with van der Waals surface area (Å²) in [5.41, 5.74) is 0.764. The van der Waals surface area contributed by atoms with Gasteiger partial charge in [0.25, 0.3) is 5.91 Å². The van der Waals surface area contributed by atoms with Crippen LogP contribution in [0.2, 0.25) is 0 Å². The highest BCUT2D eigenvalue weighted by Crippen LogP contribution is 2.23. The Hall–Kier alpha value is -2.78. The molecule has 1 atom stereocenters. The molecule has 2 heterocycles. The van der Waals surface area contributed by atoms with Crippen LogP contribution in [0.15, 0.2) is 53.4 Å². The number of halogens is 1. The van der Waals surface area contributed by atoms with Gasteiger partial charge in [0.1, 0.15) is 5.82 Å². The number of anilines is 1. The maximum absolute atomic E-state index is 13.4. The average Bonchev–Trinajstić information content (AvgIpc) is 3.38. The maximum Gasteiger partial charge on any atom is 0.251 e. The number of rotatable bonds is 5. The molecule has 0 aromatic heterocycles. The zero-order chi connectivity index (χ0) is 21.3. The fraction of sp³-hybridized carbons (Fsp3) is 0.333. The van der Waals surface area contributed by atoms with Gasteiger partial charge in [0.05, 0.1) is 10.9 Å². The first-order valence-electron chi connectivity index (χ1n) is 9.81. The van der Waals surface area contributed by atoms with E-state index in [0.29, 0.717) is 24.3 Å². The van der Waals surface area contributed by atoms with Gasteiger partial charge >= 0.3 is 0 Å². The molecule has 1 N–H and O–H groups in total. The first-order chi connectivity index (χ1) is 14.3. The molecule has 0 unspecified atom stereocenters. The molecular weight excluding hydrogens is 409 g/mol. The molecule has 0 saturated carbocycles. The fourth-order valence-corrected chi connectivity index (χ4v) is 5.34. The van der Waals surface area contributed by atoms with Crippen molar-refractivity contribution < 1.29 is 22.4 Å². The monoisotopic (exact) mass is 431 g/mol. The topological polar surface area (TPSA) is 86.8 Å². The van der Waals surface area contributed by atoms with Gasteiger partial charge in [0.2, 0.25) is 15.9 Å². The normalized spacial score (nSPS) is 20.0. The molecule has 2 aliphatic heterocycles. The minimum Gasteiger partial charge on any atom is -0.347 e. The maximum atomic E-state index is 13.4. The summed E-state index contributed by atoms with van der Waals surface area (Å²) >= 11 is 0. The molecule has 2 amide bonds. The molecule has 4 rings (SSSR count). The van der Waals surface area contributed by atoms with E-state index in [-0.39, 0.29) is 29.7 Å². The lowest BCUT2D eigenvalue weighted by atomic mass is 10.2. The van der Waals surface area contributed by atoms with Gasteiger partial charge in [0.15, 0.2) is 0 Å². The summed E-state index contributed by atoms with van der Waals surface area (Å²) in [5.74, 6) is -1.02. The van der Waals surface area contributed by atoms with E-state index in [2.05, 4.69) is 5.32 Å². The minimum absolute atomic E-state index is 0.115. The molecule has 0 bridgehead atoms. The zero-order valence-electron chi connectivity index (χ0n) is 16.3. The number of nitrogens with one attached hydrogen (secondary N) is 1. The number of hydrogen-bond acceptors (Lipinski definition) is 4. The highest BCUT2D eigenvalue weighted by atomic mass is 32.2. The Kier molecular flexibility index (Phi) is 5.57. The number of carbonyl (C=O) groups excluding carboxylic acids is 2. The highest BCUT2D eigenvalue weighted by molar-refractivity contribution is 7.89. The van der Waals surface area contributed by atoms with Crippen LogP contribution in [0, 0.1) is 5.82 Å². The molecule has 0 aliphatic carbocycles. The molecule has 2 aromatic carbocycles. The molecular formula is C21H22FN3O4S. The zero-order valence-corrected chi connectivity index (χ0v) is 17.1. The molecule has 7 nitrogen and oxygen atoms in total. The number of nitrogens with zero attached hydrogens (tertiary/aromatic N) is 2. The quantitative estimate of drug-likeness (QED) is 0.786. The Labute approximate surface area is 174 Å². The fourth-order valence-electron chi connectivity index (χ4n) is 3.82. The van der Waals surface area contributed by atoms with Crippen molar-refractivity contribution in [2.45, 2.75) is 30.2 Å². The van der Waals surface area contributed by atoms with Gasteiger partial charge in [-0.1, -0.05) is 6.07 Å². The standard InChI is InChI=1S/C21H22FN3O4S/c22-16-4-3-5-18(12-16)25-14-17(13-20(25)26)23-21(27)15-6-8-19(9-7-15)30(28,29)24-10-1-2-11-24/h3-9,12,17H,1-2,10-11,13-14H2,(H,23,27)/t17-/m1/s1. The van der Waals surface area contributed by atoms with E-state index in [1.165, 1.54) is 51.7 Å². The van der Waals surface area contributed by atoms with Gasteiger partial charge in [-0.2, -0.15) is 4.31 Å². The summed E-state index contributed by atoms with van der Waals surface area (Å²) in [6, 6.07) is 11.1. The summed E-state index contributed by atoms with van der Waals surface area (Å²) < 4.78 is 40.1. The van der Waals surface area contributed by atoms with Crippen molar-refractivity contribution in [2.75, 3.05) is 24.5 Å². The van der Waals surface area contributed by atoms with Crippen molar-refractivity contribution in [3.8, 4) is 0 Å². The Balaban J connectivity index is 1.41. The second-order valence-electron chi connectivity index (χ2n) is 7.49. The number of benzene rings is 2. The van der Waals surface area contributed by atoms with Gasteiger partial charge in [0, 0.05) is 37.3 Å². The summed E-state index contributed by atoms with van der Waals surface area (Å²) in [6.45, 7) is 1.28. The van der Waals surface area contributed by atoms with Crippen molar-refractivity contribution in [1.29, 1.82) is 0 Å². The van der Waals surface area contributed by atoms with Crippen LogP contribution >= 0.6 is 0 Å². The van der Waals surface area contributed by atoms with E-state index in [0.717, 1.165) is 12.8 Å². The third kappa shape index (κ3) is 4.08. The van der Waals surface area contributed by atoms with Crippen LogP contribution in [-0.4, -0.2) is 50.2 Å². The van der Waals surface area contributed by atoms with Gasteiger partial charge < -0.3 is 10.2 Å². The molecule has 158 valence electrons. The Morgan fingerprint density at radius 2 is 1.77 bits per heavy atom. The highest BCUT2D eigenvalue weighted by Gasteiger charge is 2.32. The lowest BCUT2D eigenvalue weighted by molar-refractivity contribution is -0.117. The molecule has 9 heteroatoms. The second kappa shape index (κ2) is 8.16. The molecule has 0 spiro atoms. The third-order valence-electron chi connectivity index (χ3n) is 5.40. The predicted molar refractivity (Wildman–Crippen MR) is 109 cm³/mol. The van der Waals surface area contributed by atoms with Crippen LogP contribution in [0.1, 0.15) is 29.6 Å². The van der Waals surface area contributed by atoms with Crippen LogP contribution in [-0.2, 0) is 14.8 Å². The summed E-state index contributed by atoms with van der Waals surface area (Å²) in [7, 11) is -3.53. The van der Waals surface area contributed by atoms with Crippen molar-refractivity contribution in [3.05, 3.63) is 59.9 Å². The van der Waals surface area contributed by atoms with Crippen molar-refractivity contribution in [3.63, 3.8) is 0 Å². The van der Waals surface area contributed by atoms with Crippen molar-refractivity contribution in [2.24, 2.45) is 0 Å². The van der Waals surface area contributed by atoms with Gasteiger partial charge in [-0.3, -0.25) is 9.59 Å². The number of sulfonamides is 1. The first kappa shape index (κ1) is 20.5. The largest absolute Gasteiger partial charge is 0.347 e. The van der Waals surface area contributed by atoms with E-state index in [1.54, 1.807) is 6.07 Å². The summed E-state index contributed by atoms with van der Waals surface area (Å²) in [4.78, 5) is 26.4. The van der Waals surface area contributed by atoms with Crippen LogP contribution in [0.4, 0.5) is 10.1 Å².